The molecule has 1 unspecified atom stereocenters. The number of carboxylic acid groups (broad SMARTS) is 1. The first kappa shape index (κ1) is 14.3. The van der Waals surface area contributed by atoms with Crippen LogP contribution in [-0.4, -0.2) is 80.5 Å². The third-order valence-electron chi connectivity index (χ3n) is 4.78. The van der Waals surface area contributed by atoms with E-state index in [1.807, 2.05) is 15.5 Å². The Morgan fingerprint density at radius 2 is 2.13 bits per heavy atom. The van der Waals surface area contributed by atoms with Gasteiger partial charge in [-0.25, -0.2) is 4.98 Å². The highest BCUT2D eigenvalue weighted by molar-refractivity contribution is 5.79. The van der Waals surface area contributed by atoms with Gasteiger partial charge in [-0.3, -0.25) is 14.1 Å². The van der Waals surface area contributed by atoms with Crippen molar-refractivity contribution in [2.24, 2.45) is 0 Å². The molecule has 4 heterocycles. The molecular formula is C14H18N6O3. The minimum Gasteiger partial charge on any atom is -0.480 e. The van der Waals surface area contributed by atoms with Crippen LogP contribution in [0.25, 0.3) is 5.65 Å². The second-order valence-electron chi connectivity index (χ2n) is 5.93. The molecule has 0 bridgehead atoms. The predicted octanol–water partition coefficient (Wildman–Crippen LogP) is -0.510. The van der Waals surface area contributed by atoms with Gasteiger partial charge in [-0.15, -0.1) is 10.2 Å². The number of aromatic nitrogens is 4. The van der Waals surface area contributed by atoms with Gasteiger partial charge in [0.15, 0.2) is 5.82 Å². The first-order valence-electron chi connectivity index (χ1n) is 7.66. The van der Waals surface area contributed by atoms with Crippen LogP contribution in [0.5, 0.6) is 0 Å². The fourth-order valence-corrected chi connectivity index (χ4v) is 3.42. The Labute approximate surface area is 132 Å². The molecule has 0 spiro atoms. The van der Waals surface area contributed by atoms with Crippen LogP contribution < -0.4 is 4.90 Å². The highest BCUT2D eigenvalue weighted by Crippen LogP contribution is 2.29. The van der Waals surface area contributed by atoms with Gasteiger partial charge in [0.05, 0.1) is 6.61 Å². The number of hydrogen-bond donors (Lipinski definition) is 1. The molecule has 122 valence electrons. The zero-order valence-corrected chi connectivity index (χ0v) is 12.6. The molecule has 9 heteroatoms. The third kappa shape index (κ3) is 2.23. The van der Waals surface area contributed by atoms with Gasteiger partial charge < -0.3 is 14.7 Å². The standard InChI is InChI=1S/C14H18N6O3/c21-13(22)14(1-8-23-9-14)20-6-4-18(5-7-20)11-12-17-16-10-19(12)3-2-15-11/h2-3,10H,1,4-9H2,(H,21,22). The number of carboxylic acids is 1. The fraction of sp³-hybridized carbons (Fsp3) is 0.571. The maximum absolute atomic E-state index is 11.7. The normalized spacial score (nSPS) is 26.0. The van der Waals surface area contributed by atoms with Gasteiger partial charge in [-0.05, 0) is 0 Å². The molecule has 0 aliphatic carbocycles. The summed E-state index contributed by atoms with van der Waals surface area (Å²) in [7, 11) is 0. The summed E-state index contributed by atoms with van der Waals surface area (Å²) in [6.45, 7) is 3.50. The molecule has 23 heavy (non-hydrogen) atoms. The first-order chi connectivity index (χ1) is 11.2. The van der Waals surface area contributed by atoms with Crippen LogP contribution in [0.2, 0.25) is 0 Å². The average Bonchev–Trinajstić information content (AvgIpc) is 3.24. The smallest absolute Gasteiger partial charge is 0.326 e. The quantitative estimate of drug-likeness (QED) is 0.808. The minimum atomic E-state index is -0.875. The number of anilines is 1. The van der Waals surface area contributed by atoms with Crippen molar-refractivity contribution >= 4 is 17.4 Å². The number of hydrogen-bond acceptors (Lipinski definition) is 7. The van der Waals surface area contributed by atoms with E-state index in [1.54, 1.807) is 12.5 Å². The zero-order valence-electron chi connectivity index (χ0n) is 12.6. The van der Waals surface area contributed by atoms with Gasteiger partial charge in [0, 0.05) is 51.6 Å². The second-order valence-corrected chi connectivity index (χ2v) is 5.93. The van der Waals surface area contributed by atoms with Crippen LogP contribution in [0.1, 0.15) is 6.42 Å². The van der Waals surface area contributed by atoms with Gasteiger partial charge in [0.2, 0.25) is 5.65 Å². The highest BCUT2D eigenvalue weighted by Gasteiger charge is 2.48. The van der Waals surface area contributed by atoms with Crippen molar-refractivity contribution in [3.8, 4) is 0 Å². The number of nitrogens with zero attached hydrogens (tertiary/aromatic N) is 6. The number of piperazine rings is 1. The molecule has 2 fully saturated rings. The Balaban J connectivity index is 1.53. The fourth-order valence-electron chi connectivity index (χ4n) is 3.42. The number of aliphatic carboxylic acids is 1. The van der Waals surface area contributed by atoms with E-state index in [4.69, 9.17) is 4.74 Å². The van der Waals surface area contributed by atoms with Crippen molar-refractivity contribution in [3.05, 3.63) is 18.7 Å². The lowest BCUT2D eigenvalue weighted by molar-refractivity contribution is -0.152. The third-order valence-corrected chi connectivity index (χ3v) is 4.78. The Bertz CT molecular complexity index is 718. The van der Waals surface area contributed by atoms with Crippen molar-refractivity contribution in [2.45, 2.75) is 12.0 Å². The van der Waals surface area contributed by atoms with E-state index in [2.05, 4.69) is 20.1 Å². The summed E-state index contributed by atoms with van der Waals surface area (Å²) >= 11 is 0. The van der Waals surface area contributed by atoms with Crippen molar-refractivity contribution < 1.29 is 14.6 Å². The Morgan fingerprint density at radius 3 is 2.83 bits per heavy atom. The van der Waals surface area contributed by atoms with Gasteiger partial charge in [-0.1, -0.05) is 0 Å². The zero-order chi connectivity index (χ0) is 15.9. The van der Waals surface area contributed by atoms with Gasteiger partial charge in [0.25, 0.3) is 0 Å². The van der Waals surface area contributed by atoms with Crippen molar-refractivity contribution in [2.75, 3.05) is 44.3 Å². The number of fused-ring (bicyclic) bond motifs is 1. The maximum Gasteiger partial charge on any atom is 0.326 e. The Hall–Kier alpha value is -2.26. The van der Waals surface area contributed by atoms with Crippen LogP contribution >= 0.6 is 0 Å². The largest absolute Gasteiger partial charge is 0.480 e. The molecule has 2 aromatic rings. The summed E-state index contributed by atoms with van der Waals surface area (Å²) in [6.07, 6.45) is 5.72. The van der Waals surface area contributed by atoms with Crippen molar-refractivity contribution in [1.29, 1.82) is 0 Å². The van der Waals surface area contributed by atoms with E-state index >= 15 is 0 Å². The molecule has 1 N–H and O–H groups in total. The topological polar surface area (TPSA) is 96.1 Å². The van der Waals surface area contributed by atoms with Gasteiger partial charge >= 0.3 is 5.97 Å². The summed E-state index contributed by atoms with van der Waals surface area (Å²) in [4.78, 5) is 20.3. The molecule has 9 nitrogen and oxygen atoms in total. The van der Waals surface area contributed by atoms with E-state index in [0.717, 1.165) is 11.5 Å². The molecule has 2 aliphatic heterocycles. The van der Waals surface area contributed by atoms with E-state index in [0.29, 0.717) is 39.2 Å². The summed E-state index contributed by atoms with van der Waals surface area (Å²) in [6, 6.07) is 0. The van der Waals surface area contributed by atoms with Crippen LogP contribution in [0, 0.1) is 0 Å². The molecule has 0 radical (unpaired) electrons. The van der Waals surface area contributed by atoms with Gasteiger partial charge in [0.1, 0.15) is 11.9 Å². The monoisotopic (exact) mass is 318 g/mol. The summed E-state index contributed by atoms with van der Waals surface area (Å²) in [5, 5.41) is 17.7. The predicted molar refractivity (Wildman–Crippen MR) is 80.4 cm³/mol. The molecule has 0 aromatic carbocycles. The Morgan fingerprint density at radius 1 is 1.30 bits per heavy atom. The molecule has 1 atom stereocenters. The Kier molecular flexibility index (Phi) is 3.38. The molecule has 2 aliphatic rings. The number of ether oxygens (including phenoxy) is 1. The van der Waals surface area contributed by atoms with Crippen LogP contribution in [0.3, 0.4) is 0 Å². The highest BCUT2D eigenvalue weighted by atomic mass is 16.5. The van der Waals surface area contributed by atoms with Crippen LogP contribution in [0.4, 0.5) is 5.82 Å². The lowest BCUT2D eigenvalue weighted by Crippen LogP contribution is -2.61. The van der Waals surface area contributed by atoms with E-state index < -0.39 is 11.5 Å². The van der Waals surface area contributed by atoms with E-state index in [9.17, 15) is 9.90 Å². The number of carbonyl (C=O) groups is 1. The molecular weight excluding hydrogens is 300 g/mol. The minimum absolute atomic E-state index is 0.264. The molecule has 0 amide bonds. The summed E-state index contributed by atoms with van der Waals surface area (Å²) < 4.78 is 7.20. The lowest BCUT2D eigenvalue weighted by atomic mass is 9.95. The summed E-state index contributed by atoms with van der Waals surface area (Å²) in [5.74, 6) is -0.00201. The summed E-state index contributed by atoms with van der Waals surface area (Å²) in [5.41, 5.74) is -0.154. The van der Waals surface area contributed by atoms with Crippen LogP contribution in [-0.2, 0) is 9.53 Å². The van der Waals surface area contributed by atoms with E-state index in [-0.39, 0.29) is 6.61 Å². The van der Waals surface area contributed by atoms with Gasteiger partial charge in [-0.2, -0.15) is 0 Å². The number of rotatable bonds is 3. The molecule has 2 aromatic heterocycles. The van der Waals surface area contributed by atoms with E-state index in [1.165, 1.54) is 0 Å². The first-order valence-corrected chi connectivity index (χ1v) is 7.66. The van der Waals surface area contributed by atoms with Crippen LogP contribution in [0.15, 0.2) is 18.7 Å². The molecule has 2 saturated heterocycles. The lowest BCUT2D eigenvalue weighted by Gasteiger charge is -2.42. The maximum atomic E-state index is 11.7. The SMILES string of the molecule is O=C(O)C1(N2CCN(c3nccn4cnnc34)CC2)CCOC1. The molecule has 0 saturated carbocycles. The second kappa shape index (κ2) is 5.43. The molecule has 4 rings (SSSR count). The van der Waals surface area contributed by atoms with Crippen molar-refractivity contribution in [1.82, 2.24) is 24.5 Å². The van der Waals surface area contributed by atoms with Crippen molar-refractivity contribution in [3.63, 3.8) is 0 Å². The average molecular weight is 318 g/mol.